The number of furan rings is 2. The maximum absolute atomic E-state index is 10.7. The molecule has 0 aliphatic heterocycles. The predicted octanol–water partition coefficient (Wildman–Crippen LogP) is 21.1. The number of fused-ring (bicyclic) bond motifs is 6. The van der Waals surface area contributed by atoms with E-state index in [1.807, 2.05) is 114 Å². The van der Waals surface area contributed by atoms with Crippen molar-refractivity contribution in [2.45, 2.75) is 100 Å². The van der Waals surface area contributed by atoms with Gasteiger partial charge in [-0.15, -0.1) is 124 Å². The van der Waals surface area contributed by atoms with E-state index in [1.165, 1.54) is 35.1 Å². The number of hydrogen-bond acceptors (Lipinski definition) is 11. The van der Waals surface area contributed by atoms with Crippen LogP contribution in [-0.2, 0) is 50.3 Å². The van der Waals surface area contributed by atoms with Crippen molar-refractivity contribution in [3.8, 4) is 56.3 Å². The summed E-state index contributed by atoms with van der Waals surface area (Å²) < 4.78 is 135. The third-order valence-electron chi connectivity index (χ3n) is 15.0. The van der Waals surface area contributed by atoms with E-state index in [2.05, 4.69) is 156 Å². The Bertz CT molecular complexity index is 4970. The molecule has 0 bridgehead atoms. The van der Waals surface area contributed by atoms with Crippen molar-refractivity contribution in [3.05, 3.63) is 293 Å². The number of aliphatic hydroxyl groups is 2. The molecule has 0 amide bonds. The molecule has 0 saturated carbocycles. The van der Waals surface area contributed by atoms with E-state index in [0.717, 1.165) is 137 Å². The van der Waals surface area contributed by atoms with Crippen molar-refractivity contribution in [1.82, 2.24) is 24.9 Å². The van der Waals surface area contributed by atoms with E-state index in [9.17, 15) is 13.2 Å². The molecule has 3 N–H and O–H groups in total. The monoisotopic (exact) mass is 1760 g/mol. The van der Waals surface area contributed by atoms with Crippen molar-refractivity contribution in [3.63, 3.8) is 0 Å². The molecule has 0 unspecified atom stereocenters. The summed E-state index contributed by atoms with van der Waals surface area (Å²) in [5, 5.41) is 18.6. The molecule has 7 heterocycles. The summed E-state index contributed by atoms with van der Waals surface area (Å²) in [6.07, 6.45) is 7.97. The number of benzene rings is 7. The van der Waals surface area contributed by atoms with Gasteiger partial charge in [0.25, 0.3) is 0 Å². The largest absolute Gasteiger partial charge is 0.522 e. The third-order valence-corrected chi connectivity index (χ3v) is 15.6. The Morgan fingerprint density at radius 3 is 1.10 bits per heavy atom. The van der Waals surface area contributed by atoms with Crippen LogP contribution in [0.5, 0.6) is 0 Å². The first-order valence-corrected chi connectivity index (χ1v) is 32.8. The van der Waals surface area contributed by atoms with Crippen LogP contribution in [-0.4, -0.2) is 67.8 Å². The van der Waals surface area contributed by atoms with Crippen LogP contribution in [0.15, 0.2) is 222 Å². The second-order valence-electron chi connectivity index (χ2n) is 23.3. The Balaban J connectivity index is 0.000000240. The average Bonchev–Trinajstić information content (AvgIpc) is 1.62. The van der Waals surface area contributed by atoms with E-state index in [4.69, 9.17) is 44.4 Å². The standard InChI is InChI=1S/C21H19NO.C21H18NO.3C13H12N.CHF3O3S.2CH4O.2Ir/c2*1-13(2)15-8-9-16-17-5-4-6-18(21(17)23-20(16)11-15)19-10-7-14(3)12-22-19;3*1-10-3-6-12(7-4-10)13-8-5-11(2)9-14-13;2-1(3,4)8(5,6)7;2*1-2;;/h4-13H,1-3H3;4-5,7-13H,1-3H3;3*3-6,8-9H,1-2H3;(H,5,6,7);2*2H,1H3;;/q;4*-1;;;;;/i;;3*2D3;;;;;. The molecule has 7 aromatic heterocycles. The number of pyridine rings is 5. The Kier molecular flexibility index (Phi) is 26.9. The van der Waals surface area contributed by atoms with Gasteiger partial charge in [-0.1, -0.05) is 150 Å². The zero-order valence-corrected chi connectivity index (χ0v) is 63.4. The van der Waals surface area contributed by atoms with Gasteiger partial charge in [-0.2, -0.15) is 21.6 Å². The normalized spacial score (nSPS) is 12.3. The van der Waals surface area contributed by atoms with E-state index in [0.29, 0.717) is 11.8 Å². The number of rotatable bonds is 7. The number of aliphatic hydroxyl groups excluding tert-OH is 2. The molecule has 0 aliphatic carbocycles. The SMILES string of the molecule is CO.CO.Cc1ccc(-c2[c-]ccc3c2oc2cc(C(C)C)ccc23)nc1.Cc1ccc(-c2cccc3c2oc2cc(C(C)C)ccc23)nc1.O=S(=O)(O)C(F)(F)F.[2H]C([2H])([2H])c1ccc(-c2[c-]cc(C)cc2)nc1.[2H]C([2H])([2H])c1ccc(-c2[c-]cc(C)cc2)nc1.[2H]C([2H])([2H])c1ccc(-c2[c-]cc(C)cc2)nc1.[Ir].[Ir]. The van der Waals surface area contributed by atoms with Crippen molar-refractivity contribution in [1.29, 1.82) is 0 Å². The quantitative estimate of drug-likeness (QED) is 0.0780. The van der Waals surface area contributed by atoms with Crippen LogP contribution in [0.1, 0.15) is 108 Å². The number of nitrogens with zero attached hydrogens (tertiary/aromatic N) is 5. The van der Waals surface area contributed by atoms with Crippen LogP contribution in [0, 0.1) is 79.4 Å². The summed E-state index contributed by atoms with van der Waals surface area (Å²) in [5.74, 6) is 0.975. The van der Waals surface area contributed by atoms with Gasteiger partial charge in [-0.05, 0) is 132 Å². The molecule has 7 aromatic carbocycles. The number of halogens is 3. The van der Waals surface area contributed by atoms with E-state index >= 15 is 0 Å². The Hall–Kier alpha value is -9.19. The van der Waals surface area contributed by atoms with Gasteiger partial charge >= 0.3 is 15.6 Å². The van der Waals surface area contributed by atoms with Gasteiger partial charge in [-0.3, -0.25) is 9.54 Å². The molecule has 2 radical (unpaired) electrons. The fraction of sp³-hybridized carbons (Fsp3) is 0.202. The average molecular weight is 1760 g/mol. The Labute approximate surface area is 636 Å². The molecule has 102 heavy (non-hydrogen) atoms. The van der Waals surface area contributed by atoms with Gasteiger partial charge in [0.05, 0.1) is 11.3 Å². The van der Waals surface area contributed by atoms with Crippen LogP contribution in [0.3, 0.4) is 0 Å². The Morgan fingerprint density at radius 2 is 0.765 bits per heavy atom. The molecule has 0 atom stereocenters. The van der Waals surface area contributed by atoms with Crippen molar-refractivity contribution in [2.24, 2.45) is 0 Å². The van der Waals surface area contributed by atoms with Crippen LogP contribution in [0.2, 0.25) is 0 Å². The Morgan fingerprint density at radius 1 is 0.422 bits per heavy atom. The first-order valence-electron chi connectivity index (χ1n) is 35.9. The summed E-state index contributed by atoms with van der Waals surface area (Å²) in [6.45, 7) is 12.6. The van der Waals surface area contributed by atoms with Crippen LogP contribution in [0.25, 0.3) is 100 Å². The predicted molar refractivity (Wildman–Crippen MR) is 398 cm³/mol. The first-order chi connectivity index (χ1) is 51.4. The second kappa shape index (κ2) is 39.3. The van der Waals surface area contributed by atoms with Gasteiger partial charge in [0, 0.05) is 119 Å². The number of hydrogen-bond donors (Lipinski definition) is 3. The van der Waals surface area contributed by atoms with Gasteiger partial charge in [-0.25, -0.2) is 0 Å². The number of aromatic nitrogens is 5. The van der Waals surface area contributed by atoms with Crippen molar-refractivity contribution in [2.75, 3.05) is 14.2 Å². The van der Waals surface area contributed by atoms with Crippen molar-refractivity contribution >= 4 is 54.0 Å². The van der Waals surface area contributed by atoms with E-state index in [1.54, 1.807) is 36.4 Å². The van der Waals surface area contributed by atoms with E-state index < -0.39 is 36.2 Å². The molecule has 534 valence electrons. The van der Waals surface area contributed by atoms with Gasteiger partial charge < -0.3 is 39.0 Å². The minimum Gasteiger partial charge on any atom is -0.501 e. The number of para-hydroxylation sites is 1. The molecular formula is C84H82F3Ir2N5O7S-4. The van der Waals surface area contributed by atoms with Gasteiger partial charge in [0.2, 0.25) is 0 Å². The molecule has 14 rings (SSSR count). The molecule has 18 heteroatoms. The molecule has 14 aromatic rings. The minimum absolute atomic E-state index is 0. The maximum Gasteiger partial charge on any atom is 0.522 e. The van der Waals surface area contributed by atoms with E-state index in [-0.39, 0.29) is 56.9 Å². The summed E-state index contributed by atoms with van der Waals surface area (Å²) >= 11 is 0. The fourth-order valence-corrected chi connectivity index (χ4v) is 9.57. The third kappa shape index (κ3) is 23.2. The zero-order chi connectivity index (χ0) is 80.3. The fourth-order valence-electron chi connectivity index (χ4n) is 9.57. The molecule has 0 saturated heterocycles. The summed E-state index contributed by atoms with van der Waals surface area (Å²) in [7, 11) is -3.84. The molecular weight excluding hydrogens is 1660 g/mol. The number of aryl methyl sites for hydroxylation is 8. The summed E-state index contributed by atoms with van der Waals surface area (Å²) in [4.78, 5) is 21.5. The molecule has 12 nitrogen and oxygen atoms in total. The van der Waals surface area contributed by atoms with Crippen molar-refractivity contribution < 1.29 is 97.7 Å². The van der Waals surface area contributed by atoms with Crippen LogP contribution in [0.4, 0.5) is 13.2 Å². The molecule has 0 spiro atoms. The summed E-state index contributed by atoms with van der Waals surface area (Å²) in [6, 6.07) is 71.4. The van der Waals surface area contributed by atoms with Gasteiger partial charge in [0.1, 0.15) is 16.7 Å². The first kappa shape index (κ1) is 69.9. The van der Waals surface area contributed by atoms with Gasteiger partial charge in [0.15, 0.2) is 0 Å². The number of alkyl halides is 3. The summed E-state index contributed by atoms with van der Waals surface area (Å²) in [5.41, 5.74) is 15.8. The maximum atomic E-state index is 10.7. The second-order valence-corrected chi connectivity index (χ2v) is 24.7. The van der Waals surface area contributed by atoms with Crippen LogP contribution >= 0.6 is 0 Å². The van der Waals surface area contributed by atoms with Crippen LogP contribution < -0.4 is 0 Å². The molecule has 0 aliphatic rings. The topological polar surface area (TPSA) is 186 Å². The minimum atomic E-state index is -5.84. The molecule has 0 fully saturated rings. The zero-order valence-electron chi connectivity index (χ0n) is 66.8. The smallest absolute Gasteiger partial charge is 0.501 e.